The summed E-state index contributed by atoms with van der Waals surface area (Å²) in [6.07, 6.45) is 1.47. The van der Waals surface area contributed by atoms with E-state index < -0.39 is 0 Å². The second-order valence-electron chi connectivity index (χ2n) is 4.18. The number of aromatic amines is 1. The number of nitrogens with one attached hydrogen (secondary N) is 2. The predicted molar refractivity (Wildman–Crippen MR) is 77.5 cm³/mol. The van der Waals surface area contributed by atoms with Crippen LogP contribution in [0.25, 0.3) is 11.2 Å². The first-order chi connectivity index (χ1) is 10.1. The number of carbonyl (C=O) groups excluding carboxylic acids is 1. The topological polar surface area (TPSA) is 92.8 Å². The molecule has 0 saturated carbocycles. The Kier molecular flexibility index (Phi) is 3.41. The molecule has 0 unspecified atom stereocenters. The fourth-order valence-corrected chi connectivity index (χ4v) is 1.96. The monoisotopic (exact) mass is 303 g/mol. The predicted octanol–water partition coefficient (Wildman–Crippen LogP) is 2.76. The van der Waals surface area contributed by atoms with Crippen LogP contribution in [-0.4, -0.2) is 25.8 Å². The molecule has 106 valence electrons. The van der Waals surface area contributed by atoms with Crippen molar-refractivity contribution in [3.05, 3.63) is 35.9 Å². The second-order valence-corrected chi connectivity index (χ2v) is 4.52. The molecule has 8 heteroatoms. The zero-order valence-corrected chi connectivity index (χ0v) is 11.7. The Bertz CT molecular complexity index is 817. The second kappa shape index (κ2) is 5.37. The van der Waals surface area contributed by atoms with Crippen LogP contribution >= 0.6 is 11.6 Å². The van der Waals surface area contributed by atoms with Gasteiger partial charge in [0, 0.05) is 6.92 Å². The van der Waals surface area contributed by atoms with Gasteiger partial charge in [0.1, 0.15) is 5.52 Å². The average molecular weight is 304 g/mol. The van der Waals surface area contributed by atoms with E-state index in [1.165, 1.54) is 13.3 Å². The number of para-hydroxylation sites is 2. The SMILES string of the molecule is CC(=O)Nc1ccccc1Oc1nc(Cl)nc2nc[nH]c12. The maximum Gasteiger partial charge on any atom is 0.250 e. The number of nitrogens with zero attached hydrogens (tertiary/aromatic N) is 3. The maximum atomic E-state index is 11.2. The molecule has 0 aliphatic heterocycles. The van der Waals surface area contributed by atoms with E-state index in [2.05, 4.69) is 25.3 Å². The number of halogens is 1. The molecule has 3 rings (SSSR count). The summed E-state index contributed by atoms with van der Waals surface area (Å²) in [4.78, 5) is 26.1. The van der Waals surface area contributed by atoms with Crippen molar-refractivity contribution in [2.45, 2.75) is 6.92 Å². The van der Waals surface area contributed by atoms with Crippen LogP contribution in [0.1, 0.15) is 6.92 Å². The van der Waals surface area contributed by atoms with Gasteiger partial charge in [0.2, 0.25) is 17.1 Å². The normalized spacial score (nSPS) is 10.6. The summed E-state index contributed by atoms with van der Waals surface area (Å²) in [7, 11) is 0. The summed E-state index contributed by atoms with van der Waals surface area (Å²) < 4.78 is 5.74. The van der Waals surface area contributed by atoms with Crippen molar-refractivity contribution in [3.63, 3.8) is 0 Å². The van der Waals surface area contributed by atoms with Gasteiger partial charge in [-0.1, -0.05) is 12.1 Å². The number of amides is 1. The van der Waals surface area contributed by atoms with E-state index in [-0.39, 0.29) is 17.1 Å². The van der Waals surface area contributed by atoms with Gasteiger partial charge in [-0.2, -0.15) is 9.97 Å². The first-order valence-corrected chi connectivity index (χ1v) is 6.42. The molecule has 3 aromatic rings. The molecule has 0 spiro atoms. The number of rotatable bonds is 3. The smallest absolute Gasteiger partial charge is 0.250 e. The third-order valence-corrected chi connectivity index (χ3v) is 2.80. The number of anilines is 1. The van der Waals surface area contributed by atoms with Gasteiger partial charge in [-0.25, -0.2) is 4.98 Å². The number of fused-ring (bicyclic) bond motifs is 1. The van der Waals surface area contributed by atoms with Crippen molar-refractivity contribution >= 4 is 34.4 Å². The van der Waals surface area contributed by atoms with E-state index in [0.717, 1.165) is 0 Å². The lowest BCUT2D eigenvalue weighted by Crippen LogP contribution is -2.07. The first-order valence-electron chi connectivity index (χ1n) is 6.04. The van der Waals surface area contributed by atoms with Gasteiger partial charge in [0.25, 0.3) is 0 Å². The van der Waals surface area contributed by atoms with Gasteiger partial charge in [0.05, 0.1) is 12.0 Å². The van der Waals surface area contributed by atoms with Crippen LogP contribution in [0.2, 0.25) is 5.28 Å². The van der Waals surface area contributed by atoms with Crippen LogP contribution in [0.4, 0.5) is 5.69 Å². The summed E-state index contributed by atoms with van der Waals surface area (Å²) in [6, 6.07) is 7.01. The van der Waals surface area contributed by atoms with Crippen LogP contribution in [0.15, 0.2) is 30.6 Å². The van der Waals surface area contributed by atoms with E-state index in [4.69, 9.17) is 16.3 Å². The molecule has 0 saturated heterocycles. The van der Waals surface area contributed by atoms with Gasteiger partial charge >= 0.3 is 0 Å². The molecular weight excluding hydrogens is 294 g/mol. The molecule has 1 aromatic carbocycles. The quantitative estimate of drug-likeness (QED) is 0.726. The maximum absolute atomic E-state index is 11.2. The van der Waals surface area contributed by atoms with Crippen molar-refractivity contribution in [1.82, 2.24) is 19.9 Å². The highest BCUT2D eigenvalue weighted by molar-refractivity contribution is 6.28. The minimum atomic E-state index is -0.196. The Morgan fingerprint density at radius 1 is 1.33 bits per heavy atom. The number of aromatic nitrogens is 4. The molecule has 2 aromatic heterocycles. The molecule has 21 heavy (non-hydrogen) atoms. The zero-order chi connectivity index (χ0) is 14.8. The molecule has 0 aliphatic rings. The number of H-pyrrole nitrogens is 1. The third-order valence-electron chi connectivity index (χ3n) is 2.63. The van der Waals surface area contributed by atoms with E-state index in [9.17, 15) is 4.79 Å². The average Bonchev–Trinajstić information content (AvgIpc) is 2.88. The Morgan fingerprint density at radius 3 is 2.95 bits per heavy atom. The number of hydrogen-bond acceptors (Lipinski definition) is 5. The van der Waals surface area contributed by atoms with E-state index >= 15 is 0 Å². The largest absolute Gasteiger partial charge is 0.435 e. The van der Waals surface area contributed by atoms with Gasteiger partial charge in [-0.3, -0.25) is 4.79 Å². The molecule has 0 bridgehead atoms. The van der Waals surface area contributed by atoms with Crippen molar-refractivity contribution in [1.29, 1.82) is 0 Å². The van der Waals surface area contributed by atoms with Crippen LogP contribution in [0.3, 0.4) is 0 Å². The minimum Gasteiger partial charge on any atom is -0.435 e. The first kappa shape index (κ1) is 13.3. The van der Waals surface area contributed by atoms with Crippen LogP contribution in [0.5, 0.6) is 11.6 Å². The number of benzene rings is 1. The lowest BCUT2D eigenvalue weighted by Gasteiger charge is -2.10. The molecule has 7 nitrogen and oxygen atoms in total. The lowest BCUT2D eigenvalue weighted by atomic mass is 10.3. The van der Waals surface area contributed by atoms with Crippen LogP contribution in [-0.2, 0) is 4.79 Å². The van der Waals surface area contributed by atoms with Crippen molar-refractivity contribution in [2.75, 3.05) is 5.32 Å². The number of hydrogen-bond donors (Lipinski definition) is 2. The van der Waals surface area contributed by atoms with Gasteiger partial charge < -0.3 is 15.0 Å². The Balaban J connectivity index is 2.02. The highest BCUT2D eigenvalue weighted by Gasteiger charge is 2.13. The molecule has 2 N–H and O–H groups in total. The summed E-state index contributed by atoms with van der Waals surface area (Å²) in [6.45, 7) is 1.42. The van der Waals surface area contributed by atoms with E-state index in [1.54, 1.807) is 24.3 Å². The van der Waals surface area contributed by atoms with E-state index in [0.29, 0.717) is 22.6 Å². The molecule has 0 fully saturated rings. The lowest BCUT2D eigenvalue weighted by molar-refractivity contribution is -0.114. The summed E-state index contributed by atoms with van der Waals surface area (Å²) in [5.41, 5.74) is 1.46. The minimum absolute atomic E-state index is 0.0293. The summed E-state index contributed by atoms with van der Waals surface area (Å²) >= 11 is 5.85. The summed E-state index contributed by atoms with van der Waals surface area (Å²) in [5.74, 6) is 0.483. The van der Waals surface area contributed by atoms with Crippen molar-refractivity contribution < 1.29 is 9.53 Å². The zero-order valence-electron chi connectivity index (χ0n) is 10.9. The van der Waals surface area contributed by atoms with Crippen molar-refractivity contribution in [2.24, 2.45) is 0 Å². The molecule has 0 atom stereocenters. The third kappa shape index (κ3) is 2.77. The molecule has 0 radical (unpaired) electrons. The van der Waals surface area contributed by atoms with Gasteiger partial charge in [-0.15, -0.1) is 0 Å². The molecular formula is C13H10ClN5O2. The molecule has 2 heterocycles. The van der Waals surface area contributed by atoms with Crippen LogP contribution < -0.4 is 10.1 Å². The van der Waals surface area contributed by atoms with Crippen molar-refractivity contribution in [3.8, 4) is 11.6 Å². The standard InChI is InChI=1S/C13H10ClN5O2/c1-7(20)17-8-4-2-3-5-9(8)21-12-10-11(16-6-15-10)18-13(14)19-12/h2-6H,1H3,(H,17,20)(H,15,16,18,19). The Labute approximate surface area is 124 Å². The number of carbonyl (C=O) groups is 1. The molecule has 1 amide bonds. The van der Waals surface area contributed by atoms with E-state index in [1.807, 2.05) is 0 Å². The van der Waals surface area contributed by atoms with Crippen LogP contribution in [0, 0.1) is 0 Å². The Morgan fingerprint density at radius 2 is 2.14 bits per heavy atom. The fourth-order valence-electron chi connectivity index (χ4n) is 1.81. The number of imidazole rings is 1. The number of ether oxygens (including phenoxy) is 1. The molecule has 0 aliphatic carbocycles. The highest BCUT2D eigenvalue weighted by Crippen LogP contribution is 2.31. The van der Waals surface area contributed by atoms with Gasteiger partial charge in [0.15, 0.2) is 11.4 Å². The fraction of sp³-hybridized carbons (Fsp3) is 0.0769. The summed E-state index contributed by atoms with van der Waals surface area (Å²) in [5, 5.41) is 2.71. The highest BCUT2D eigenvalue weighted by atomic mass is 35.5. The Hall–Kier alpha value is -2.67. The van der Waals surface area contributed by atoms with Gasteiger partial charge in [-0.05, 0) is 23.7 Å².